The molecule has 0 rings (SSSR count). The van der Waals surface area contributed by atoms with Crippen LogP contribution in [0.5, 0.6) is 0 Å². The fourth-order valence-electron chi connectivity index (χ4n) is 0.468. The Morgan fingerprint density at radius 1 is 1.60 bits per heavy atom. The van der Waals surface area contributed by atoms with Gasteiger partial charge in [0.15, 0.2) is 0 Å². The topological polar surface area (TPSA) is 47.6 Å². The van der Waals surface area contributed by atoms with Crippen molar-refractivity contribution in [3.05, 3.63) is 0 Å². The van der Waals surface area contributed by atoms with Gasteiger partial charge in [0.1, 0.15) is 6.04 Å². The van der Waals surface area contributed by atoms with E-state index in [-0.39, 0.29) is 12.0 Å². The smallest absolute Gasteiger partial charge is 0.322 e. The van der Waals surface area contributed by atoms with Crippen molar-refractivity contribution >= 4 is 5.97 Å². The van der Waals surface area contributed by atoms with Crippen LogP contribution in [0, 0.1) is 0 Å². The number of methoxy groups -OCH3 is 2. The van der Waals surface area contributed by atoms with E-state index in [4.69, 9.17) is 0 Å². The molecule has 0 spiro atoms. The van der Waals surface area contributed by atoms with Gasteiger partial charge in [-0.3, -0.25) is 10.1 Å². The molecule has 0 aliphatic carbocycles. The van der Waals surface area contributed by atoms with Crippen LogP contribution >= 0.6 is 0 Å². The number of nitrogens with one attached hydrogen (secondary N) is 1. The summed E-state index contributed by atoms with van der Waals surface area (Å²) in [6.07, 6.45) is 0. The molecule has 0 unspecified atom stereocenters. The molecular weight excluding hydrogens is 134 g/mol. The standard InChI is InChI=1S/C6H13NO3/c1-5(6(8)10-3)7-4-9-2/h5,7H,4H2,1-3H3/t5-/m1/s1. The summed E-state index contributed by atoms with van der Waals surface area (Å²) in [7, 11) is 2.91. The molecule has 0 amide bonds. The number of hydrogen-bond donors (Lipinski definition) is 1. The maximum atomic E-state index is 10.7. The molecule has 0 aliphatic rings. The summed E-state index contributed by atoms with van der Waals surface area (Å²) in [5.41, 5.74) is 0. The van der Waals surface area contributed by atoms with Crippen LogP contribution in [0.15, 0.2) is 0 Å². The van der Waals surface area contributed by atoms with E-state index in [0.717, 1.165) is 0 Å². The van der Waals surface area contributed by atoms with E-state index >= 15 is 0 Å². The normalized spacial score (nSPS) is 12.7. The number of ether oxygens (including phenoxy) is 2. The molecular formula is C6H13NO3. The first-order valence-electron chi connectivity index (χ1n) is 3.02. The van der Waals surface area contributed by atoms with E-state index in [9.17, 15) is 4.79 Å². The number of hydrogen-bond acceptors (Lipinski definition) is 4. The van der Waals surface area contributed by atoms with Gasteiger partial charge in [-0.15, -0.1) is 0 Å². The predicted molar refractivity (Wildman–Crippen MR) is 36.5 cm³/mol. The third kappa shape index (κ3) is 3.42. The Kier molecular flexibility index (Phi) is 4.88. The highest BCUT2D eigenvalue weighted by atomic mass is 16.5. The maximum Gasteiger partial charge on any atom is 0.322 e. The Morgan fingerprint density at radius 3 is 2.60 bits per heavy atom. The molecule has 1 N–H and O–H groups in total. The van der Waals surface area contributed by atoms with Crippen LogP contribution in [-0.4, -0.2) is 33.0 Å². The SMILES string of the molecule is COCN[C@H](C)C(=O)OC. The van der Waals surface area contributed by atoms with Gasteiger partial charge in [-0.05, 0) is 6.92 Å². The zero-order chi connectivity index (χ0) is 7.98. The summed E-state index contributed by atoms with van der Waals surface area (Å²) < 4.78 is 9.14. The average Bonchev–Trinajstić information content (AvgIpc) is 1.98. The van der Waals surface area contributed by atoms with Crippen LogP contribution in [0.1, 0.15) is 6.92 Å². The van der Waals surface area contributed by atoms with Crippen LogP contribution in [0.25, 0.3) is 0 Å². The molecule has 0 saturated heterocycles. The summed E-state index contributed by atoms with van der Waals surface area (Å²) in [5, 5.41) is 2.79. The van der Waals surface area contributed by atoms with Crippen molar-refractivity contribution < 1.29 is 14.3 Å². The molecule has 1 atom stereocenters. The maximum absolute atomic E-state index is 10.7. The van der Waals surface area contributed by atoms with Gasteiger partial charge >= 0.3 is 5.97 Å². The summed E-state index contributed by atoms with van der Waals surface area (Å²) in [4.78, 5) is 10.7. The molecule has 0 saturated carbocycles. The lowest BCUT2D eigenvalue weighted by atomic mass is 10.3. The average molecular weight is 147 g/mol. The van der Waals surface area contributed by atoms with Crippen molar-refractivity contribution in [3.8, 4) is 0 Å². The van der Waals surface area contributed by atoms with E-state index in [1.807, 2.05) is 0 Å². The molecule has 60 valence electrons. The fourth-order valence-corrected chi connectivity index (χ4v) is 0.468. The molecule has 4 heteroatoms. The van der Waals surface area contributed by atoms with Gasteiger partial charge in [0.05, 0.1) is 13.8 Å². The number of carbonyl (C=O) groups excluding carboxylic acids is 1. The lowest BCUT2D eigenvalue weighted by molar-refractivity contribution is -0.143. The highest BCUT2D eigenvalue weighted by molar-refractivity contribution is 5.74. The van der Waals surface area contributed by atoms with Crippen LogP contribution in [0.3, 0.4) is 0 Å². The Morgan fingerprint density at radius 2 is 2.20 bits per heavy atom. The zero-order valence-corrected chi connectivity index (χ0v) is 6.51. The molecule has 0 fully saturated rings. The van der Waals surface area contributed by atoms with Crippen molar-refractivity contribution in [2.24, 2.45) is 0 Å². The fraction of sp³-hybridized carbons (Fsp3) is 0.833. The van der Waals surface area contributed by atoms with Crippen molar-refractivity contribution in [1.29, 1.82) is 0 Å². The number of rotatable bonds is 4. The summed E-state index contributed by atoms with van der Waals surface area (Å²) >= 11 is 0. The Hall–Kier alpha value is -0.610. The minimum absolute atomic E-state index is 0.281. The van der Waals surface area contributed by atoms with Crippen molar-refractivity contribution in [1.82, 2.24) is 5.32 Å². The van der Waals surface area contributed by atoms with Crippen LogP contribution < -0.4 is 5.32 Å². The lowest BCUT2D eigenvalue weighted by Crippen LogP contribution is -2.35. The third-order valence-corrected chi connectivity index (χ3v) is 1.09. The first-order valence-corrected chi connectivity index (χ1v) is 3.02. The van der Waals surface area contributed by atoms with Gasteiger partial charge < -0.3 is 9.47 Å². The largest absolute Gasteiger partial charge is 0.468 e. The van der Waals surface area contributed by atoms with E-state index in [1.54, 1.807) is 14.0 Å². The van der Waals surface area contributed by atoms with Crippen LogP contribution in [0.4, 0.5) is 0 Å². The van der Waals surface area contributed by atoms with Crippen LogP contribution in [0.2, 0.25) is 0 Å². The number of carbonyl (C=O) groups is 1. The Bertz CT molecular complexity index is 105. The van der Waals surface area contributed by atoms with Gasteiger partial charge in [0, 0.05) is 7.11 Å². The summed E-state index contributed by atoms with van der Waals surface area (Å²) in [6.45, 7) is 2.07. The van der Waals surface area contributed by atoms with Gasteiger partial charge in [-0.2, -0.15) is 0 Å². The zero-order valence-electron chi connectivity index (χ0n) is 6.51. The minimum atomic E-state index is -0.301. The van der Waals surface area contributed by atoms with E-state index in [0.29, 0.717) is 6.73 Å². The van der Waals surface area contributed by atoms with Gasteiger partial charge in [0.25, 0.3) is 0 Å². The second-order valence-corrected chi connectivity index (χ2v) is 1.88. The van der Waals surface area contributed by atoms with Crippen molar-refractivity contribution in [2.45, 2.75) is 13.0 Å². The molecule has 0 aliphatic heterocycles. The molecule has 4 nitrogen and oxygen atoms in total. The Balaban J connectivity index is 3.41. The van der Waals surface area contributed by atoms with Gasteiger partial charge in [-0.25, -0.2) is 0 Å². The number of esters is 1. The van der Waals surface area contributed by atoms with Crippen molar-refractivity contribution in [3.63, 3.8) is 0 Å². The highest BCUT2D eigenvalue weighted by Gasteiger charge is 2.10. The highest BCUT2D eigenvalue weighted by Crippen LogP contribution is 1.83. The van der Waals surface area contributed by atoms with E-state index in [2.05, 4.69) is 14.8 Å². The predicted octanol–water partition coefficient (Wildman–Crippen LogP) is -0.259. The monoisotopic (exact) mass is 147 g/mol. The van der Waals surface area contributed by atoms with Gasteiger partial charge in [-0.1, -0.05) is 0 Å². The van der Waals surface area contributed by atoms with E-state index in [1.165, 1.54) is 7.11 Å². The first kappa shape index (κ1) is 9.39. The molecule has 0 aromatic carbocycles. The van der Waals surface area contributed by atoms with Gasteiger partial charge in [0.2, 0.25) is 0 Å². The third-order valence-electron chi connectivity index (χ3n) is 1.09. The molecule has 0 heterocycles. The molecule has 0 aromatic rings. The lowest BCUT2D eigenvalue weighted by Gasteiger charge is -2.09. The van der Waals surface area contributed by atoms with Crippen LogP contribution in [-0.2, 0) is 14.3 Å². The summed E-state index contributed by atoms with van der Waals surface area (Å²) in [6, 6.07) is -0.301. The minimum Gasteiger partial charge on any atom is -0.468 e. The quantitative estimate of drug-likeness (QED) is 0.439. The first-order chi connectivity index (χ1) is 4.72. The second kappa shape index (κ2) is 5.20. The molecule has 0 radical (unpaired) electrons. The second-order valence-electron chi connectivity index (χ2n) is 1.88. The Labute approximate surface area is 60.5 Å². The molecule has 10 heavy (non-hydrogen) atoms. The molecule has 0 bridgehead atoms. The van der Waals surface area contributed by atoms with E-state index < -0.39 is 0 Å². The van der Waals surface area contributed by atoms with Crippen molar-refractivity contribution in [2.75, 3.05) is 21.0 Å². The summed E-state index contributed by atoms with van der Waals surface area (Å²) in [5.74, 6) is -0.281. The molecule has 0 aromatic heterocycles.